The number of rotatable bonds is 2. The lowest BCUT2D eigenvalue weighted by Gasteiger charge is -2.28. The molecule has 3 aromatic rings. The van der Waals surface area contributed by atoms with Gasteiger partial charge in [0, 0.05) is 18.3 Å². The number of fused-ring (bicyclic) bond motifs is 2. The zero-order chi connectivity index (χ0) is 18.3. The van der Waals surface area contributed by atoms with Crippen molar-refractivity contribution in [2.75, 3.05) is 30.4 Å². The average molecular weight is 348 g/mol. The summed E-state index contributed by atoms with van der Waals surface area (Å²) in [4.78, 5) is 23.8. The smallest absolute Gasteiger partial charge is 0.255 e. The molecule has 0 spiro atoms. The number of amides is 1. The fourth-order valence-corrected chi connectivity index (χ4v) is 3.00. The molecule has 26 heavy (non-hydrogen) atoms. The summed E-state index contributed by atoms with van der Waals surface area (Å²) in [5.74, 6) is 0.662. The molecule has 0 fully saturated rings. The molecule has 1 amide bonds. The molecule has 0 atom stereocenters. The molecular formula is C20H20N4O2. The Balaban J connectivity index is 1.61. The van der Waals surface area contributed by atoms with E-state index in [1.807, 2.05) is 45.2 Å². The molecule has 1 aliphatic heterocycles. The number of hydrogen-bond donors (Lipinski definition) is 1. The van der Waals surface area contributed by atoms with Gasteiger partial charge in [0.05, 0.1) is 34.7 Å². The molecule has 1 N–H and O–H groups in total. The molecule has 0 aliphatic carbocycles. The third kappa shape index (κ3) is 2.94. The van der Waals surface area contributed by atoms with Crippen LogP contribution in [0.25, 0.3) is 11.0 Å². The van der Waals surface area contributed by atoms with Gasteiger partial charge in [0.2, 0.25) is 0 Å². The van der Waals surface area contributed by atoms with Crippen molar-refractivity contribution in [2.24, 2.45) is 0 Å². The lowest BCUT2D eigenvalue weighted by molar-refractivity contribution is 0.102. The summed E-state index contributed by atoms with van der Waals surface area (Å²) in [6.07, 6.45) is 0. The van der Waals surface area contributed by atoms with Crippen molar-refractivity contribution in [1.29, 1.82) is 0 Å². The molecular weight excluding hydrogens is 328 g/mol. The Morgan fingerprint density at radius 1 is 1.08 bits per heavy atom. The van der Waals surface area contributed by atoms with Crippen LogP contribution in [0.15, 0.2) is 36.4 Å². The molecule has 0 bridgehead atoms. The van der Waals surface area contributed by atoms with Crippen LogP contribution < -0.4 is 15.0 Å². The normalized spacial score (nSPS) is 13.3. The number of hydrogen-bond acceptors (Lipinski definition) is 5. The molecule has 2 aromatic carbocycles. The molecule has 2 heterocycles. The van der Waals surface area contributed by atoms with E-state index < -0.39 is 0 Å². The van der Waals surface area contributed by atoms with Gasteiger partial charge >= 0.3 is 0 Å². The standard InChI is InChI=1S/C20H20N4O2/c1-12-13(2)22-17-10-14(4-6-16(17)21-12)20(25)23-15-5-7-19-18(11-15)24(3)8-9-26-19/h4-7,10-11H,8-9H2,1-3H3,(H,23,25). The van der Waals surface area contributed by atoms with E-state index in [1.54, 1.807) is 12.1 Å². The maximum atomic E-state index is 12.7. The number of carbonyl (C=O) groups is 1. The van der Waals surface area contributed by atoms with E-state index in [9.17, 15) is 4.79 Å². The predicted octanol–water partition coefficient (Wildman–Crippen LogP) is 3.33. The van der Waals surface area contributed by atoms with Gasteiger partial charge in [0.25, 0.3) is 5.91 Å². The summed E-state index contributed by atoms with van der Waals surface area (Å²) in [6.45, 7) is 5.35. The third-order valence-corrected chi connectivity index (χ3v) is 4.65. The van der Waals surface area contributed by atoms with Gasteiger partial charge in [-0.05, 0) is 50.2 Å². The van der Waals surface area contributed by atoms with E-state index in [0.717, 1.165) is 46.1 Å². The van der Waals surface area contributed by atoms with Crippen LogP contribution in [0.3, 0.4) is 0 Å². The zero-order valence-corrected chi connectivity index (χ0v) is 15.0. The Bertz CT molecular complexity index is 1020. The molecule has 132 valence electrons. The molecule has 0 radical (unpaired) electrons. The van der Waals surface area contributed by atoms with Gasteiger partial charge in [-0.1, -0.05) is 0 Å². The molecule has 1 aromatic heterocycles. The van der Waals surface area contributed by atoms with Gasteiger partial charge in [-0.15, -0.1) is 0 Å². The van der Waals surface area contributed by atoms with Crippen LogP contribution in [0.4, 0.5) is 11.4 Å². The second-order valence-electron chi connectivity index (χ2n) is 6.50. The van der Waals surface area contributed by atoms with Crippen molar-refractivity contribution >= 4 is 28.3 Å². The number of likely N-dealkylation sites (N-methyl/N-ethyl adjacent to an activating group) is 1. The maximum absolute atomic E-state index is 12.7. The Kier molecular flexibility index (Phi) is 3.95. The number of nitrogens with one attached hydrogen (secondary N) is 1. The zero-order valence-electron chi connectivity index (χ0n) is 15.0. The van der Waals surface area contributed by atoms with Crippen molar-refractivity contribution in [1.82, 2.24) is 9.97 Å². The number of aryl methyl sites for hydroxylation is 2. The van der Waals surface area contributed by atoms with E-state index in [0.29, 0.717) is 12.2 Å². The number of anilines is 2. The third-order valence-electron chi connectivity index (χ3n) is 4.65. The Hall–Kier alpha value is -3.15. The first-order chi connectivity index (χ1) is 12.5. The summed E-state index contributed by atoms with van der Waals surface area (Å²) in [5, 5.41) is 2.95. The lowest BCUT2D eigenvalue weighted by Crippen LogP contribution is -2.28. The number of ether oxygens (including phenoxy) is 1. The van der Waals surface area contributed by atoms with Crippen LogP contribution in [0.5, 0.6) is 5.75 Å². The topological polar surface area (TPSA) is 67.4 Å². The van der Waals surface area contributed by atoms with Gasteiger partial charge in [0.15, 0.2) is 0 Å². The monoisotopic (exact) mass is 348 g/mol. The Morgan fingerprint density at radius 3 is 2.65 bits per heavy atom. The van der Waals surface area contributed by atoms with E-state index >= 15 is 0 Å². The largest absolute Gasteiger partial charge is 0.490 e. The second kappa shape index (κ2) is 6.29. The lowest BCUT2D eigenvalue weighted by atomic mass is 10.1. The van der Waals surface area contributed by atoms with Crippen molar-refractivity contribution < 1.29 is 9.53 Å². The summed E-state index contributed by atoms with van der Waals surface area (Å²) < 4.78 is 5.64. The number of aromatic nitrogens is 2. The van der Waals surface area contributed by atoms with Crippen LogP contribution >= 0.6 is 0 Å². The Labute approximate surface area is 151 Å². The first-order valence-corrected chi connectivity index (χ1v) is 8.55. The first kappa shape index (κ1) is 16.3. The van der Waals surface area contributed by atoms with E-state index in [2.05, 4.69) is 20.2 Å². The highest BCUT2D eigenvalue weighted by atomic mass is 16.5. The first-order valence-electron chi connectivity index (χ1n) is 8.55. The van der Waals surface area contributed by atoms with E-state index in [4.69, 9.17) is 4.74 Å². The number of benzene rings is 2. The van der Waals surface area contributed by atoms with E-state index in [1.165, 1.54) is 0 Å². The maximum Gasteiger partial charge on any atom is 0.255 e. The molecule has 0 saturated heterocycles. The van der Waals surface area contributed by atoms with Gasteiger partial charge in [-0.3, -0.25) is 4.79 Å². The summed E-state index contributed by atoms with van der Waals surface area (Å²) >= 11 is 0. The van der Waals surface area contributed by atoms with Crippen LogP contribution in [-0.2, 0) is 0 Å². The summed E-state index contributed by atoms with van der Waals surface area (Å²) in [5.41, 5.74) is 5.54. The fraction of sp³-hybridized carbons (Fsp3) is 0.250. The van der Waals surface area contributed by atoms with Crippen molar-refractivity contribution in [2.45, 2.75) is 13.8 Å². The van der Waals surface area contributed by atoms with Gasteiger partial charge in [-0.25, -0.2) is 9.97 Å². The molecule has 6 nitrogen and oxygen atoms in total. The molecule has 1 aliphatic rings. The number of nitrogens with zero attached hydrogens (tertiary/aromatic N) is 3. The minimum absolute atomic E-state index is 0.175. The molecule has 0 saturated carbocycles. The Morgan fingerprint density at radius 2 is 1.85 bits per heavy atom. The van der Waals surface area contributed by atoms with Crippen LogP contribution in [0.1, 0.15) is 21.7 Å². The second-order valence-corrected chi connectivity index (χ2v) is 6.50. The minimum atomic E-state index is -0.175. The highest BCUT2D eigenvalue weighted by Crippen LogP contribution is 2.33. The minimum Gasteiger partial charge on any atom is -0.490 e. The average Bonchev–Trinajstić information content (AvgIpc) is 2.63. The van der Waals surface area contributed by atoms with Crippen molar-refractivity contribution in [3.63, 3.8) is 0 Å². The van der Waals surface area contributed by atoms with E-state index in [-0.39, 0.29) is 5.91 Å². The molecule has 6 heteroatoms. The van der Waals surface area contributed by atoms with Crippen molar-refractivity contribution in [3.8, 4) is 5.75 Å². The predicted molar refractivity (Wildman–Crippen MR) is 102 cm³/mol. The number of carbonyl (C=O) groups excluding carboxylic acids is 1. The SMILES string of the molecule is Cc1nc2ccc(C(=O)Nc3ccc4c(c3)N(C)CCO4)cc2nc1C. The summed E-state index contributed by atoms with van der Waals surface area (Å²) in [6, 6.07) is 11.0. The van der Waals surface area contributed by atoms with Crippen LogP contribution in [0, 0.1) is 13.8 Å². The van der Waals surface area contributed by atoms with Gasteiger partial charge < -0.3 is 15.0 Å². The van der Waals surface area contributed by atoms with Crippen LogP contribution in [0.2, 0.25) is 0 Å². The van der Waals surface area contributed by atoms with Crippen LogP contribution in [-0.4, -0.2) is 36.1 Å². The van der Waals surface area contributed by atoms with Gasteiger partial charge in [-0.2, -0.15) is 0 Å². The van der Waals surface area contributed by atoms with Crippen molar-refractivity contribution in [3.05, 3.63) is 53.3 Å². The van der Waals surface area contributed by atoms with Gasteiger partial charge in [0.1, 0.15) is 12.4 Å². The quantitative estimate of drug-likeness (QED) is 0.769. The summed E-state index contributed by atoms with van der Waals surface area (Å²) in [7, 11) is 2.01. The highest BCUT2D eigenvalue weighted by Gasteiger charge is 2.16. The molecule has 0 unspecified atom stereocenters. The highest BCUT2D eigenvalue weighted by molar-refractivity contribution is 6.06. The molecule has 4 rings (SSSR count). The fourth-order valence-electron chi connectivity index (χ4n) is 3.00.